The first kappa shape index (κ1) is 20.9. The Hall–Kier alpha value is -2.93. The van der Waals surface area contributed by atoms with E-state index in [1.807, 2.05) is 36.4 Å². The van der Waals surface area contributed by atoms with Gasteiger partial charge < -0.3 is 10.1 Å². The van der Waals surface area contributed by atoms with Crippen LogP contribution in [0.2, 0.25) is 5.02 Å². The van der Waals surface area contributed by atoms with Crippen LogP contribution in [0.4, 0.5) is 0 Å². The van der Waals surface area contributed by atoms with Gasteiger partial charge in [-0.2, -0.15) is 0 Å². The van der Waals surface area contributed by atoms with E-state index in [-0.39, 0.29) is 18.1 Å². The van der Waals surface area contributed by atoms with Crippen LogP contribution in [0.25, 0.3) is 5.69 Å². The Balaban J connectivity index is 1.39. The molecule has 0 bridgehead atoms. The molecule has 166 valence electrons. The summed E-state index contributed by atoms with van der Waals surface area (Å²) in [5.41, 5.74) is 2.16. The topological polar surface area (TPSA) is 81.9 Å². The summed E-state index contributed by atoms with van der Waals surface area (Å²) in [6.45, 7) is 1.55. The van der Waals surface area contributed by atoms with Crippen LogP contribution in [0.5, 0.6) is 5.88 Å². The Morgan fingerprint density at radius 2 is 1.97 bits per heavy atom. The normalized spacial score (nSPS) is 22.4. The number of halogens is 1. The average Bonchev–Trinajstić information content (AvgIpc) is 3.11. The minimum atomic E-state index is -0.0435. The Kier molecular flexibility index (Phi) is 5.83. The molecule has 2 aliphatic rings. The summed E-state index contributed by atoms with van der Waals surface area (Å²) in [7, 11) is 0. The molecular formula is C24H26ClN5O2. The molecule has 1 amide bonds. The fourth-order valence-corrected chi connectivity index (χ4v) is 5.09. The number of carbonyl (C=O) groups is 1. The van der Waals surface area contributed by atoms with E-state index >= 15 is 0 Å². The van der Waals surface area contributed by atoms with Crippen LogP contribution in [0.1, 0.15) is 55.7 Å². The Labute approximate surface area is 192 Å². The van der Waals surface area contributed by atoms with E-state index in [1.165, 1.54) is 0 Å². The number of aromatic nitrogens is 4. The first-order valence-corrected chi connectivity index (χ1v) is 11.5. The maximum atomic E-state index is 11.7. The first-order chi connectivity index (χ1) is 15.6. The van der Waals surface area contributed by atoms with Crippen LogP contribution < -0.4 is 10.1 Å². The van der Waals surface area contributed by atoms with E-state index in [0.29, 0.717) is 29.7 Å². The van der Waals surface area contributed by atoms with E-state index in [0.717, 1.165) is 48.6 Å². The maximum Gasteiger partial charge on any atom is 0.217 e. The van der Waals surface area contributed by atoms with Crippen LogP contribution in [-0.2, 0) is 17.6 Å². The van der Waals surface area contributed by atoms with E-state index in [4.69, 9.17) is 16.3 Å². The van der Waals surface area contributed by atoms with Crippen LogP contribution in [-0.4, -0.2) is 37.8 Å². The molecular weight excluding hydrogens is 426 g/mol. The van der Waals surface area contributed by atoms with Gasteiger partial charge in [-0.3, -0.25) is 9.36 Å². The number of pyridine rings is 1. The van der Waals surface area contributed by atoms with Crippen LogP contribution >= 0.6 is 11.6 Å². The summed E-state index contributed by atoms with van der Waals surface area (Å²) in [6, 6.07) is 11.6. The minimum absolute atomic E-state index is 0.0366. The van der Waals surface area contributed by atoms with Crippen molar-refractivity contribution in [3.8, 4) is 11.6 Å². The van der Waals surface area contributed by atoms with Gasteiger partial charge in [-0.1, -0.05) is 17.7 Å². The predicted molar refractivity (Wildman–Crippen MR) is 121 cm³/mol. The molecule has 3 heterocycles. The lowest BCUT2D eigenvalue weighted by Gasteiger charge is -2.28. The number of carbonyl (C=O) groups excluding carboxylic acids is 1. The van der Waals surface area contributed by atoms with Gasteiger partial charge in [0.2, 0.25) is 11.8 Å². The highest BCUT2D eigenvalue weighted by Gasteiger charge is 2.32. The molecule has 1 aliphatic carbocycles. The van der Waals surface area contributed by atoms with Gasteiger partial charge in [0.1, 0.15) is 17.8 Å². The predicted octanol–water partition coefficient (Wildman–Crippen LogP) is 4.02. The zero-order valence-corrected chi connectivity index (χ0v) is 18.8. The van der Waals surface area contributed by atoms with Gasteiger partial charge in [-0.25, -0.2) is 4.98 Å². The number of amides is 1. The number of hydrogen-bond donors (Lipinski definition) is 1. The van der Waals surface area contributed by atoms with Crippen molar-refractivity contribution in [1.82, 2.24) is 25.1 Å². The molecule has 1 saturated carbocycles. The van der Waals surface area contributed by atoms with Crippen LogP contribution in [0.15, 0.2) is 42.6 Å². The molecule has 32 heavy (non-hydrogen) atoms. The molecule has 3 aromatic rings. The Bertz CT molecular complexity index is 1110. The zero-order valence-electron chi connectivity index (χ0n) is 18.0. The fourth-order valence-electron chi connectivity index (χ4n) is 4.90. The highest BCUT2D eigenvalue weighted by Crippen LogP contribution is 2.37. The third kappa shape index (κ3) is 4.35. The quantitative estimate of drug-likeness (QED) is 0.647. The standard InChI is InChI=1S/C24H26ClN5O2/c1-15(31)27-19-13-17-12-18(25)7-10-21(17)30-22(14-19)28-29-24(30)16-5-8-20(9-6-16)32-23-4-2-3-11-26-23/h2-4,7,10-12,16,19-20H,5-6,8-9,13-14H2,1H3,(H,27,31)/t16?,19-,20?/m1/s1. The van der Waals surface area contributed by atoms with Gasteiger partial charge >= 0.3 is 0 Å². The van der Waals surface area contributed by atoms with Gasteiger partial charge in [0, 0.05) is 42.6 Å². The van der Waals surface area contributed by atoms with Crippen molar-refractivity contribution in [3.05, 3.63) is 64.8 Å². The third-order valence-corrected chi connectivity index (χ3v) is 6.54. The molecule has 1 aromatic carbocycles. The third-order valence-electron chi connectivity index (χ3n) is 6.30. The van der Waals surface area contributed by atoms with Crippen molar-refractivity contribution in [2.45, 2.75) is 63.5 Å². The van der Waals surface area contributed by atoms with Crippen LogP contribution in [0, 0.1) is 0 Å². The van der Waals surface area contributed by atoms with Gasteiger partial charge in [0.15, 0.2) is 0 Å². The summed E-state index contributed by atoms with van der Waals surface area (Å²) >= 11 is 6.31. The summed E-state index contributed by atoms with van der Waals surface area (Å²) < 4.78 is 8.26. The van der Waals surface area contributed by atoms with Crippen LogP contribution in [0.3, 0.4) is 0 Å². The lowest BCUT2D eigenvalue weighted by molar-refractivity contribution is -0.119. The highest BCUT2D eigenvalue weighted by atomic mass is 35.5. The van der Waals surface area contributed by atoms with E-state index in [2.05, 4.69) is 25.1 Å². The second kappa shape index (κ2) is 8.90. The van der Waals surface area contributed by atoms with Crippen molar-refractivity contribution in [3.63, 3.8) is 0 Å². The fraction of sp³-hybridized carbons (Fsp3) is 0.417. The maximum absolute atomic E-state index is 11.7. The number of nitrogens with one attached hydrogen (secondary N) is 1. The molecule has 5 rings (SSSR count). The highest BCUT2D eigenvalue weighted by molar-refractivity contribution is 6.30. The lowest BCUT2D eigenvalue weighted by atomic mass is 9.86. The lowest BCUT2D eigenvalue weighted by Crippen LogP contribution is -2.36. The number of rotatable bonds is 4. The summed E-state index contributed by atoms with van der Waals surface area (Å²) in [6.07, 6.45) is 7.13. The molecule has 0 radical (unpaired) electrons. The Morgan fingerprint density at radius 1 is 1.12 bits per heavy atom. The summed E-state index contributed by atoms with van der Waals surface area (Å²) in [5, 5.41) is 12.9. The van der Waals surface area contributed by atoms with Crippen molar-refractivity contribution in [1.29, 1.82) is 0 Å². The molecule has 8 heteroatoms. The number of fused-ring (bicyclic) bond motifs is 3. The zero-order chi connectivity index (χ0) is 22.1. The van der Waals surface area contributed by atoms with Crippen molar-refractivity contribution in [2.75, 3.05) is 0 Å². The molecule has 1 aliphatic heterocycles. The average molecular weight is 452 g/mol. The monoisotopic (exact) mass is 451 g/mol. The summed E-state index contributed by atoms with van der Waals surface area (Å²) in [5.74, 6) is 2.82. The molecule has 7 nitrogen and oxygen atoms in total. The smallest absolute Gasteiger partial charge is 0.217 e. The molecule has 0 unspecified atom stereocenters. The molecule has 0 saturated heterocycles. The van der Waals surface area contributed by atoms with E-state index in [9.17, 15) is 4.79 Å². The van der Waals surface area contributed by atoms with Gasteiger partial charge in [0.05, 0.1) is 5.69 Å². The van der Waals surface area contributed by atoms with Gasteiger partial charge in [0.25, 0.3) is 0 Å². The number of nitrogens with zero attached hydrogens (tertiary/aromatic N) is 4. The van der Waals surface area contributed by atoms with Crippen molar-refractivity contribution in [2.24, 2.45) is 0 Å². The first-order valence-electron chi connectivity index (χ1n) is 11.1. The van der Waals surface area contributed by atoms with Gasteiger partial charge in [-0.05, 0) is 61.9 Å². The SMILES string of the molecule is CC(=O)N[C@@H]1Cc2cc(Cl)ccc2-n2c(nnc2C2CCC(Oc3ccccn3)CC2)C1. The van der Waals surface area contributed by atoms with Crippen molar-refractivity contribution < 1.29 is 9.53 Å². The largest absolute Gasteiger partial charge is 0.474 e. The molecule has 1 N–H and O–H groups in total. The molecule has 0 spiro atoms. The second-order valence-corrected chi connectivity index (χ2v) is 9.08. The number of ether oxygens (including phenoxy) is 1. The second-order valence-electron chi connectivity index (χ2n) is 8.65. The van der Waals surface area contributed by atoms with E-state index in [1.54, 1.807) is 13.1 Å². The Morgan fingerprint density at radius 3 is 2.72 bits per heavy atom. The summed E-state index contributed by atoms with van der Waals surface area (Å²) in [4.78, 5) is 16.0. The molecule has 1 fully saturated rings. The van der Waals surface area contributed by atoms with E-state index < -0.39 is 0 Å². The number of hydrogen-bond acceptors (Lipinski definition) is 5. The number of benzene rings is 1. The molecule has 1 atom stereocenters. The van der Waals surface area contributed by atoms with Gasteiger partial charge in [-0.15, -0.1) is 10.2 Å². The molecule has 2 aromatic heterocycles. The minimum Gasteiger partial charge on any atom is -0.474 e. The van der Waals surface area contributed by atoms with Crippen molar-refractivity contribution >= 4 is 17.5 Å².